The maximum atomic E-state index is 12.3. The Balaban J connectivity index is 0.00000161. The van der Waals surface area contributed by atoms with Crippen LogP contribution in [0.5, 0.6) is 0 Å². The fraction of sp³-hybridized carbons (Fsp3) is 0.385. The summed E-state index contributed by atoms with van der Waals surface area (Å²) in [5, 5.41) is 3.86. The van der Waals surface area contributed by atoms with E-state index in [0.717, 1.165) is 17.8 Å². The second-order valence-corrected chi connectivity index (χ2v) is 6.54. The van der Waals surface area contributed by atoms with Crippen LogP contribution in [0, 0.1) is 5.92 Å². The smallest absolute Gasteiger partial charge is 0.276 e. The molecule has 3 rings (SSSR count). The first-order valence-electron chi connectivity index (χ1n) is 6.39. The fourth-order valence-corrected chi connectivity index (χ4v) is 3.30. The number of carbonyl (C=O) groups excluding carboxylic acids is 1. The number of carbonyl (C=O) groups is 1. The van der Waals surface area contributed by atoms with Crippen LogP contribution in [0.25, 0.3) is 10.6 Å². The number of likely N-dealkylation sites (tertiary alicyclic amines) is 1. The molecule has 1 fully saturated rings. The topological polar surface area (TPSA) is 72.4 Å². The minimum absolute atomic E-state index is 0. The Morgan fingerprint density at radius 1 is 1.57 bits per heavy atom. The van der Waals surface area contributed by atoms with Gasteiger partial charge in [-0.1, -0.05) is 16.8 Å². The van der Waals surface area contributed by atoms with E-state index in [2.05, 4.69) is 5.16 Å². The molecule has 0 aromatic carbocycles. The number of rotatable bonds is 3. The molecule has 2 N–H and O–H groups in total. The highest BCUT2D eigenvalue weighted by Crippen LogP contribution is 2.31. The van der Waals surface area contributed by atoms with Crippen LogP contribution in [0.1, 0.15) is 16.9 Å². The van der Waals surface area contributed by atoms with Crippen LogP contribution in [-0.4, -0.2) is 35.6 Å². The Morgan fingerprint density at radius 2 is 2.38 bits per heavy atom. The quantitative estimate of drug-likeness (QED) is 0.926. The summed E-state index contributed by atoms with van der Waals surface area (Å²) in [7, 11) is 0. The SMILES string of the molecule is Cl.NCC1CCN(C(=O)c2cc(-c3ccc(Cl)s3)on2)C1. The predicted octanol–water partition coefficient (Wildman–Crippen LogP) is 2.90. The highest BCUT2D eigenvalue weighted by molar-refractivity contribution is 7.19. The fourth-order valence-electron chi connectivity index (χ4n) is 2.31. The molecule has 5 nitrogen and oxygen atoms in total. The lowest BCUT2D eigenvalue weighted by Crippen LogP contribution is -2.30. The van der Waals surface area contributed by atoms with Crippen molar-refractivity contribution in [3.05, 3.63) is 28.2 Å². The second-order valence-electron chi connectivity index (χ2n) is 4.82. The Morgan fingerprint density at radius 3 is 3.00 bits per heavy atom. The molecule has 1 aliphatic rings. The van der Waals surface area contributed by atoms with Crippen LogP contribution in [0.4, 0.5) is 0 Å². The molecule has 0 saturated carbocycles. The summed E-state index contributed by atoms with van der Waals surface area (Å²) in [5.74, 6) is 0.861. The molecular weight excluding hydrogens is 333 g/mol. The van der Waals surface area contributed by atoms with Crippen LogP contribution >= 0.6 is 35.3 Å². The van der Waals surface area contributed by atoms with E-state index in [1.165, 1.54) is 11.3 Å². The number of hydrogen-bond acceptors (Lipinski definition) is 5. The first-order chi connectivity index (χ1) is 9.67. The molecule has 8 heteroatoms. The van der Waals surface area contributed by atoms with Gasteiger partial charge in [-0.3, -0.25) is 4.79 Å². The molecule has 1 aliphatic heterocycles. The highest BCUT2D eigenvalue weighted by Gasteiger charge is 2.28. The zero-order valence-electron chi connectivity index (χ0n) is 11.1. The Bertz CT molecular complexity index is 628. The third-order valence-corrected chi connectivity index (χ3v) is 4.70. The largest absolute Gasteiger partial charge is 0.355 e. The van der Waals surface area contributed by atoms with Gasteiger partial charge < -0.3 is 15.2 Å². The summed E-state index contributed by atoms with van der Waals surface area (Å²) in [6.07, 6.45) is 0.952. The van der Waals surface area contributed by atoms with Crippen molar-refractivity contribution in [2.24, 2.45) is 11.7 Å². The van der Waals surface area contributed by atoms with Crippen molar-refractivity contribution in [3.8, 4) is 10.6 Å². The van der Waals surface area contributed by atoms with Crippen LogP contribution in [0.3, 0.4) is 0 Å². The van der Waals surface area contributed by atoms with Crippen molar-refractivity contribution in [1.82, 2.24) is 10.1 Å². The minimum atomic E-state index is -0.0985. The molecule has 114 valence electrons. The van der Waals surface area contributed by atoms with Crippen molar-refractivity contribution in [2.75, 3.05) is 19.6 Å². The summed E-state index contributed by atoms with van der Waals surface area (Å²) in [5.41, 5.74) is 5.97. The summed E-state index contributed by atoms with van der Waals surface area (Å²) >= 11 is 7.28. The predicted molar refractivity (Wildman–Crippen MR) is 85.1 cm³/mol. The van der Waals surface area contributed by atoms with E-state index in [0.29, 0.717) is 34.8 Å². The van der Waals surface area contributed by atoms with Gasteiger partial charge in [0.25, 0.3) is 5.91 Å². The number of amides is 1. The maximum absolute atomic E-state index is 12.3. The van der Waals surface area contributed by atoms with E-state index in [1.54, 1.807) is 17.0 Å². The van der Waals surface area contributed by atoms with Crippen LogP contribution < -0.4 is 5.73 Å². The molecule has 1 atom stereocenters. The van der Waals surface area contributed by atoms with Gasteiger partial charge in [0.15, 0.2) is 11.5 Å². The molecule has 0 spiro atoms. The molecule has 1 amide bonds. The molecular formula is C13H15Cl2N3O2S. The summed E-state index contributed by atoms with van der Waals surface area (Å²) in [4.78, 5) is 14.9. The standard InChI is InChI=1S/C13H14ClN3O2S.ClH/c14-12-2-1-11(20-12)10-5-9(16-19-10)13(18)17-4-3-8(6-15)7-17;/h1-2,5,8H,3-4,6-7,15H2;1H. The molecule has 1 unspecified atom stereocenters. The van der Waals surface area contributed by atoms with Gasteiger partial charge in [0, 0.05) is 19.2 Å². The van der Waals surface area contributed by atoms with E-state index in [4.69, 9.17) is 21.9 Å². The third-order valence-electron chi connectivity index (χ3n) is 3.45. The second kappa shape index (κ2) is 6.79. The lowest BCUT2D eigenvalue weighted by atomic mass is 10.1. The van der Waals surface area contributed by atoms with Crippen molar-refractivity contribution in [2.45, 2.75) is 6.42 Å². The van der Waals surface area contributed by atoms with Crippen molar-refractivity contribution < 1.29 is 9.32 Å². The van der Waals surface area contributed by atoms with Gasteiger partial charge in [0.1, 0.15) is 0 Å². The zero-order chi connectivity index (χ0) is 14.1. The molecule has 0 bridgehead atoms. The van der Waals surface area contributed by atoms with E-state index in [-0.39, 0.29) is 18.3 Å². The Labute approximate surface area is 137 Å². The van der Waals surface area contributed by atoms with Crippen LogP contribution in [-0.2, 0) is 0 Å². The van der Waals surface area contributed by atoms with Gasteiger partial charge in [0.2, 0.25) is 0 Å². The molecule has 2 aromatic heterocycles. The minimum Gasteiger partial charge on any atom is -0.355 e. The van der Waals surface area contributed by atoms with Crippen molar-refractivity contribution in [1.29, 1.82) is 0 Å². The van der Waals surface area contributed by atoms with Crippen molar-refractivity contribution in [3.63, 3.8) is 0 Å². The number of nitrogens with two attached hydrogens (primary N) is 1. The lowest BCUT2D eigenvalue weighted by Gasteiger charge is -2.13. The monoisotopic (exact) mass is 347 g/mol. The van der Waals surface area contributed by atoms with E-state index in [1.807, 2.05) is 6.07 Å². The third kappa shape index (κ3) is 3.40. The summed E-state index contributed by atoms with van der Waals surface area (Å²) < 4.78 is 5.90. The average molecular weight is 348 g/mol. The number of hydrogen-bond donors (Lipinski definition) is 1. The summed E-state index contributed by atoms with van der Waals surface area (Å²) in [6.45, 7) is 2.04. The van der Waals surface area contributed by atoms with Gasteiger partial charge in [-0.05, 0) is 31.0 Å². The van der Waals surface area contributed by atoms with E-state index in [9.17, 15) is 4.79 Å². The van der Waals surface area contributed by atoms with Crippen LogP contribution in [0.2, 0.25) is 4.34 Å². The van der Waals surface area contributed by atoms with Gasteiger partial charge in [-0.25, -0.2) is 0 Å². The molecule has 3 heterocycles. The summed E-state index contributed by atoms with van der Waals surface area (Å²) in [6, 6.07) is 5.31. The van der Waals surface area contributed by atoms with Gasteiger partial charge >= 0.3 is 0 Å². The molecule has 2 aromatic rings. The number of halogens is 2. The Hall–Kier alpha value is -1.08. The first kappa shape index (κ1) is 16.3. The molecule has 1 saturated heterocycles. The lowest BCUT2D eigenvalue weighted by molar-refractivity contribution is 0.0777. The average Bonchev–Trinajstić information content (AvgIpc) is 3.17. The normalized spacial score (nSPS) is 17.8. The Kier molecular flexibility index (Phi) is 5.27. The number of thiophene rings is 1. The molecule has 21 heavy (non-hydrogen) atoms. The first-order valence-corrected chi connectivity index (χ1v) is 7.58. The van der Waals surface area contributed by atoms with Crippen LogP contribution in [0.15, 0.2) is 22.7 Å². The van der Waals surface area contributed by atoms with E-state index < -0.39 is 0 Å². The zero-order valence-corrected chi connectivity index (χ0v) is 13.5. The molecule has 0 aliphatic carbocycles. The van der Waals surface area contributed by atoms with Gasteiger partial charge in [-0.15, -0.1) is 23.7 Å². The number of aromatic nitrogens is 1. The van der Waals surface area contributed by atoms with Gasteiger partial charge in [-0.2, -0.15) is 0 Å². The van der Waals surface area contributed by atoms with Crippen molar-refractivity contribution >= 4 is 41.3 Å². The maximum Gasteiger partial charge on any atom is 0.276 e. The van der Waals surface area contributed by atoms with E-state index >= 15 is 0 Å². The highest BCUT2D eigenvalue weighted by atomic mass is 35.5. The number of nitrogens with zero attached hydrogens (tertiary/aromatic N) is 2. The molecule has 0 radical (unpaired) electrons. The van der Waals surface area contributed by atoms with Gasteiger partial charge in [0.05, 0.1) is 9.21 Å².